The number of thiophene rings is 2. The third-order valence-electron chi connectivity index (χ3n) is 5.06. The van der Waals surface area contributed by atoms with Crippen molar-refractivity contribution in [3.63, 3.8) is 0 Å². The topological polar surface area (TPSA) is 12.0 Å². The van der Waals surface area contributed by atoms with Gasteiger partial charge in [-0.15, -0.1) is 22.7 Å². The Hall–Kier alpha value is -2.88. The molecular weight excluding hydrogens is 366 g/mol. The second kappa shape index (κ2) is 5.81. The molecule has 0 aliphatic rings. The number of nitrogens with one attached hydrogen (secondary N) is 1. The molecule has 0 bridgehead atoms. The van der Waals surface area contributed by atoms with Gasteiger partial charge in [-0.2, -0.15) is 0 Å². The van der Waals surface area contributed by atoms with E-state index in [2.05, 4.69) is 90.2 Å². The molecule has 6 aromatic rings. The van der Waals surface area contributed by atoms with Crippen LogP contribution in [0.5, 0.6) is 0 Å². The molecule has 0 aliphatic heterocycles. The van der Waals surface area contributed by atoms with Crippen LogP contribution in [-0.4, -0.2) is 0 Å². The molecule has 0 spiro atoms. The molecule has 1 N–H and O–H groups in total. The van der Waals surface area contributed by atoms with E-state index in [1.54, 1.807) is 0 Å². The van der Waals surface area contributed by atoms with Gasteiger partial charge in [0.05, 0.1) is 0 Å². The fourth-order valence-electron chi connectivity index (χ4n) is 3.84. The second-order valence-corrected chi connectivity index (χ2v) is 8.88. The SMILES string of the molecule is c1ccc2c(c1)sc1ccc(Nc3cccc4sc5ccccc5c34)cc12. The zero-order valence-electron chi connectivity index (χ0n) is 14.4. The van der Waals surface area contributed by atoms with E-state index in [0.717, 1.165) is 5.69 Å². The lowest BCUT2D eigenvalue weighted by Crippen LogP contribution is -1.90. The summed E-state index contributed by atoms with van der Waals surface area (Å²) < 4.78 is 5.33. The first-order valence-corrected chi connectivity index (χ1v) is 10.6. The van der Waals surface area contributed by atoms with Crippen molar-refractivity contribution in [2.75, 3.05) is 5.32 Å². The molecule has 2 aromatic heterocycles. The Kier molecular flexibility index (Phi) is 3.27. The minimum atomic E-state index is 1.13. The highest BCUT2D eigenvalue weighted by Gasteiger charge is 2.10. The Bertz CT molecular complexity index is 1460. The van der Waals surface area contributed by atoms with Gasteiger partial charge in [0.2, 0.25) is 0 Å². The molecule has 4 aromatic carbocycles. The van der Waals surface area contributed by atoms with Gasteiger partial charge in [-0.05, 0) is 42.5 Å². The molecule has 0 radical (unpaired) electrons. The molecule has 27 heavy (non-hydrogen) atoms. The summed E-state index contributed by atoms with van der Waals surface area (Å²) in [6.07, 6.45) is 0. The molecule has 1 nitrogen and oxygen atoms in total. The maximum absolute atomic E-state index is 3.68. The molecule has 0 amide bonds. The predicted octanol–water partition coefficient (Wildman–Crippen LogP) is 8.17. The lowest BCUT2D eigenvalue weighted by atomic mass is 10.1. The van der Waals surface area contributed by atoms with Gasteiger partial charge in [-0.3, -0.25) is 0 Å². The summed E-state index contributed by atoms with van der Waals surface area (Å²) >= 11 is 3.71. The molecule has 3 heteroatoms. The average Bonchev–Trinajstić information content (AvgIpc) is 3.26. The Labute approximate surface area is 164 Å². The van der Waals surface area contributed by atoms with Gasteiger partial charge in [-0.1, -0.05) is 42.5 Å². The van der Waals surface area contributed by atoms with Crippen LogP contribution in [0.4, 0.5) is 11.4 Å². The van der Waals surface area contributed by atoms with E-state index in [1.165, 1.54) is 46.0 Å². The Morgan fingerprint density at radius 1 is 0.519 bits per heavy atom. The number of fused-ring (bicyclic) bond motifs is 6. The van der Waals surface area contributed by atoms with Crippen molar-refractivity contribution < 1.29 is 0 Å². The lowest BCUT2D eigenvalue weighted by Gasteiger charge is -2.09. The summed E-state index contributed by atoms with van der Waals surface area (Å²) in [5.74, 6) is 0. The van der Waals surface area contributed by atoms with Crippen LogP contribution < -0.4 is 5.32 Å². The van der Waals surface area contributed by atoms with Crippen molar-refractivity contribution in [3.05, 3.63) is 84.9 Å². The lowest BCUT2D eigenvalue weighted by molar-refractivity contribution is 1.62. The van der Waals surface area contributed by atoms with Gasteiger partial charge in [0.15, 0.2) is 0 Å². The Morgan fingerprint density at radius 3 is 2.07 bits per heavy atom. The molecule has 0 saturated heterocycles. The molecule has 2 heterocycles. The predicted molar refractivity (Wildman–Crippen MR) is 122 cm³/mol. The summed E-state index contributed by atoms with van der Waals surface area (Å²) in [4.78, 5) is 0. The number of benzene rings is 4. The maximum atomic E-state index is 3.68. The fourth-order valence-corrected chi connectivity index (χ4v) is 6.06. The quantitative estimate of drug-likeness (QED) is 0.319. The minimum absolute atomic E-state index is 1.13. The van der Waals surface area contributed by atoms with Crippen LogP contribution in [0.15, 0.2) is 84.9 Å². The van der Waals surface area contributed by atoms with Crippen molar-refractivity contribution in [1.29, 1.82) is 0 Å². The largest absolute Gasteiger partial charge is 0.355 e. The van der Waals surface area contributed by atoms with Gasteiger partial charge in [0.1, 0.15) is 0 Å². The number of rotatable bonds is 2. The van der Waals surface area contributed by atoms with E-state index in [0.29, 0.717) is 0 Å². The van der Waals surface area contributed by atoms with Crippen molar-refractivity contribution in [1.82, 2.24) is 0 Å². The van der Waals surface area contributed by atoms with E-state index in [-0.39, 0.29) is 0 Å². The smallest absolute Gasteiger partial charge is 0.0478 e. The highest BCUT2D eigenvalue weighted by atomic mass is 32.1. The van der Waals surface area contributed by atoms with Crippen molar-refractivity contribution in [3.8, 4) is 0 Å². The van der Waals surface area contributed by atoms with E-state index in [4.69, 9.17) is 0 Å². The van der Waals surface area contributed by atoms with Gasteiger partial charge >= 0.3 is 0 Å². The van der Waals surface area contributed by atoms with Gasteiger partial charge in [-0.25, -0.2) is 0 Å². The van der Waals surface area contributed by atoms with Crippen LogP contribution in [0, 0.1) is 0 Å². The third-order valence-corrected chi connectivity index (χ3v) is 7.35. The van der Waals surface area contributed by atoms with E-state index >= 15 is 0 Å². The zero-order valence-corrected chi connectivity index (χ0v) is 16.0. The van der Waals surface area contributed by atoms with Gasteiger partial charge < -0.3 is 5.32 Å². The highest BCUT2D eigenvalue weighted by molar-refractivity contribution is 7.26. The first kappa shape index (κ1) is 15.2. The first-order valence-electron chi connectivity index (χ1n) is 8.95. The molecule has 0 saturated carbocycles. The molecular formula is C24H15NS2. The van der Waals surface area contributed by atoms with Crippen LogP contribution in [-0.2, 0) is 0 Å². The molecule has 0 aliphatic carbocycles. The monoisotopic (exact) mass is 381 g/mol. The van der Waals surface area contributed by atoms with Crippen LogP contribution >= 0.6 is 22.7 Å². The average molecular weight is 382 g/mol. The van der Waals surface area contributed by atoms with Crippen LogP contribution in [0.1, 0.15) is 0 Å². The molecule has 6 rings (SSSR count). The third kappa shape index (κ3) is 2.36. The number of anilines is 2. The van der Waals surface area contributed by atoms with Crippen LogP contribution in [0.2, 0.25) is 0 Å². The zero-order chi connectivity index (χ0) is 17.8. The molecule has 0 fully saturated rings. The Morgan fingerprint density at radius 2 is 1.19 bits per heavy atom. The standard InChI is InChI=1S/C24H15NS2/c1-3-9-20-16(6-1)18-14-15(12-13-22(18)26-20)25-19-8-5-11-23-24(19)17-7-2-4-10-21(17)27-23/h1-14,25H. The van der Waals surface area contributed by atoms with E-state index < -0.39 is 0 Å². The van der Waals surface area contributed by atoms with Crippen LogP contribution in [0.3, 0.4) is 0 Å². The Balaban J connectivity index is 1.54. The number of hydrogen-bond donors (Lipinski definition) is 1. The minimum Gasteiger partial charge on any atom is -0.355 e. The van der Waals surface area contributed by atoms with Crippen molar-refractivity contribution >= 4 is 74.4 Å². The fraction of sp³-hybridized carbons (Fsp3) is 0. The summed E-state index contributed by atoms with van der Waals surface area (Å²) in [5, 5.41) is 8.97. The number of hydrogen-bond acceptors (Lipinski definition) is 3. The van der Waals surface area contributed by atoms with E-state index in [9.17, 15) is 0 Å². The highest BCUT2D eigenvalue weighted by Crippen LogP contribution is 2.40. The van der Waals surface area contributed by atoms with E-state index in [1.807, 2.05) is 22.7 Å². The molecule has 0 atom stereocenters. The summed E-state index contributed by atoms with van der Waals surface area (Å²) in [6, 6.07) is 30.5. The molecule has 128 valence electrons. The normalized spacial score (nSPS) is 11.7. The second-order valence-electron chi connectivity index (χ2n) is 6.71. The maximum Gasteiger partial charge on any atom is 0.0478 e. The van der Waals surface area contributed by atoms with Crippen LogP contribution in [0.25, 0.3) is 40.3 Å². The van der Waals surface area contributed by atoms with Crippen molar-refractivity contribution in [2.24, 2.45) is 0 Å². The van der Waals surface area contributed by atoms with Gasteiger partial charge in [0, 0.05) is 51.7 Å². The van der Waals surface area contributed by atoms with Crippen molar-refractivity contribution in [2.45, 2.75) is 0 Å². The summed E-state index contributed by atoms with van der Waals surface area (Å²) in [7, 11) is 0. The molecule has 0 unspecified atom stereocenters. The summed E-state index contributed by atoms with van der Waals surface area (Å²) in [6.45, 7) is 0. The summed E-state index contributed by atoms with van der Waals surface area (Å²) in [5.41, 5.74) is 2.30. The first-order chi connectivity index (χ1) is 13.4. The van der Waals surface area contributed by atoms with Gasteiger partial charge in [0.25, 0.3) is 0 Å².